The van der Waals surface area contributed by atoms with E-state index in [0.29, 0.717) is 25.9 Å². The van der Waals surface area contributed by atoms with Crippen molar-refractivity contribution in [2.45, 2.75) is 243 Å². The van der Waals surface area contributed by atoms with Gasteiger partial charge in [-0.1, -0.05) is 75.9 Å². The van der Waals surface area contributed by atoms with Crippen molar-refractivity contribution in [1.29, 1.82) is 0 Å². The molecule has 3 aliphatic rings. The number of aliphatic hydroxyl groups is 5. The number of unbranched alkanes of at least 4 members (excludes halogenated alkanes) is 5. The van der Waals surface area contributed by atoms with Gasteiger partial charge in [0.25, 0.3) is 0 Å². The quantitative estimate of drug-likeness (QED) is 0.0424. The van der Waals surface area contributed by atoms with Crippen molar-refractivity contribution in [3.8, 4) is 11.3 Å². The second-order valence-electron chi connectivity index (χ2n) is 23.1. The minimum absolute atomic E-state index is 0.100. The number of hydrogen-bond donors (Lipinski definition) is 7. The highest BCUT2D eigenvalue weighted by Crippen LogP contribution is 2.40. The Bertz CT molecular complexity index is 2060. The fraction of sp³-hybridized carbons (Fsp3) is 0.818. The second kappa shape index (κ2) is 27.6. The number of carbonyl (C=O) groups is 2. The molecule has 20 nitrogen and oxygen atoms in total. The third-order valence-corrected chi connectivity index (χ3v) is 16.5. The van der Waals surface area contributed by atoms with E-state index in [1.807, 2.05) is 74.9 Å². The van der Waals surface area contributed by atoms with Crippen molar-refractivity contribution >= 4 is 11.9 Å². The van der Waals surface area contributed by atoms with Crippen LogP contribution in [0.1, 0.15) is 145 Å². The monoisotopic (exact) mass is 1060 g/mol. The van der Waals surface area contributed by atoms with Crippen LogP contribution >= 0.6 is 0 Å². The van der Waals surface area contributed by atoms with Crippen molar-refractivity contribution in [1.82, 2.24) is 30.3 Å². The highest BCUT2D eigenvalue weighted by Gasteiger charge is 2.53. The van der Waals surface area contributed by atoms with Crippen molar-refractivity contribution in [2.75, 3.05) is 27.7 Å². The van der Waals surface area contributed by atoms with Crippen LogP contribution in [0.4, 0.5) is 0 Å². The van der Waals surface area contributed by atoms with Crippen LogP contribution < -0.4 is 5.48 Å². The number of likely N-dealkylation sites (N-methyl/N-ethyl adjacent to an activating group) is 2. The molecule has 0 saturated carbocycles. The van der Waals surface area contributed by atoms with Crippen molar-refractivity contribution in [3.63, 3.8) is 0 Å². The van der Waals surface area contributed by atoms with E-state index in [2.05, 4.69) is 15.2 Å². The Kier molecular flexibility index (Phi) is 23.0. The lowest BCUT2D eigenvalue weighted by Gasteiger charge is -2.49. The first kappa shape index (κ1) is 62.6. The molecule has 4 heterocycles. The average Bonchev–Trinajstić information content (AvgIpc) is 3.84. The Morgan fingerprint density at radius 1 is 0.920 bits per heavy atom. The van der Waals surface area contributed by atoms with Crippen LogP contribution in [-0.2, 0) is 51.1 Å². The van der Waals surface area contributed by atoms with Crippen LogP contribution in [-0.4, -0.2) is 185 Å². The zero-order valence-electron chi connectivity index (χ0n) is 47.1. The summed E-state index contributed by atoms with van der Waals surface area (Å²) in [6.45, 7) is 19.3. The van der Waals surface area contributed by atoms with Gasteiger partial charge in [-0.05, 0) is 106 Å². The summed E-state index contributed by atoms with van der Waals surface area (Å²) in [5.74, 6) is -3.14. The molecule has 1 amide bonds. The summed E-state index contributed by atoms with van der Waals surface area (Å²) in [4.78, 5) is 29.7. The Hall–Kier alpha value is -3.22. The lowest BCUT2D eigenvalue weighted by Crippen LogP contribution is -2.60. The number of aliphatic hydroxyl groups excluding tert-OH is 3. The zero-order chi connectivity index (χ0) is 55.6. The first-order chi connectivity index (χ1) is 35.3. The molecule has 3 saturated heterocycles. The summed E-state index contributed by atoms with van der Waals surface area (Å²) in [6, 6.07) is 7.10. The van der Waals surface area contributed by atoms with Crippen LogP contribution in [0.5, 0.6) is 0 Å². The molecule has 1 aromatic carbocycles. The molecule has 428 valence electrons. The van der Waals surface area contributed by atoms with Crippen molar-refractivity contribution in [3.05, 3.63) is 36.0 Å². The van der Waals surface area contributed by atoms with E-state index in [4.69, 9.17) is 33.6 Å². The van der Waals surface area contributed by atoms with Crippen LogP contribution in [0.3, 0.4) is 0 Å². The van der Waals surface area contributed by atoms with E-state index in [1.165, 1.54) is 14.0 Å². The number of methoxy groups -OCH3 is 1. The van der Waals surface area contributed by atoms with Crippen LogP contribution in [0.2, 0.25) is 0 Å². The summed E-state index contributed by atoms with van der Waals surface area (Å²) in [7, 11) is 5.30. The maximum atomic E-state index is 14.5. The molecule has 0 spiro atoms. The third-order valence-electron chi connectivity index (χ3n) is 16.5. The van der Waals surface area contributed by atoms with Crippen LogP contribution in [0.15, 0.2) is 30.5 Å². The van der Waals surface area contributed by atoms with Gasteiger partial charge in [0.1, 0.15) is 35.7 Å². The van der Waals surface area contributed by atoms with Gasteiger partial charge in [-0.25, -0.2) is 5.48 Å². The lowest BCUT2D eigenvalue weighted by molar-refractivity contribution is -0.318. The normalized spacial score (nSPS) is 37.9. The van der Waals surface area contributed by atoms with Gasteiger partial charge in [0, 0.05) is 63.2 Å². The molecule has 7 N–H and O–H groups in total. The van der Waals surface area contributed by atoms with E-state index in [1.54, 1.807) is 47.0 Å². The summed E-state index contributed by atoms with van der Waals surface area (Å²) in [6.07, 6.45) is -1.00. The smallest absolute Gasteiger partial charge is 0.311 e. The number of cyclic esters (lactones) is 1. The maximum absolute atomic E-state index is 14.5. The molecule has 18 atom stereocenters. The van der Waals surface area contributed by atoms with Gasteiger partial charge in [0.05, 0.1) is 47.7 Å². The molecule has 2 aromatic rings. The van der Waals surface area contributed by atoms with Crippen molar-refractivity contribution in [2.24, 2.45) is 17.8 Å². The van der Waals surface area contributed by atoms with Gasteiger partial charge in [0.15, 0.2) is 12.6 Å². The molecule has 3 fully saturated rings. The molecule has 3 aliphatic heterocycles. The number of ether oxygens (including phenoxy) is 6. The minimum Gasteiger partial charge on any atom is -0.459 e. The number of rotatable bonds is 19. The highest BCUT2D eigenvalue weighted by atomic mass is 16.7. The van der Waals surface area contributed by atoms with Gasteiger partial charge in [-0.2, -0.15) is 0 Å². The van der Waals surface area contributed by atoms with Gasteiger partial charge < -0.3 is 58.9 Å². The fourth-order valence-corrected chi connectivity index (χ4v) is 11.7. The molecule has 0 unspecified atom stereocenters. The van der Waals surface area contributed by atoms with Crippen LogP contribution in [0.25, 0.3) is 11.3 Å². The Labute approximate surface area is 445 Å². The van der Waals surface area contributed by atoms with Gasteiger partial charge in [0.2, 0.25) is 5.91 Å². The first-order valence-corrected chi connectivity index (χ1v) is 27.5. The largest absolute Gasteiger partial charge is 0.459 e. The fourth-order valence-electron chi connectivity index (χ4n) is 11.7. The number of benzene rings is 1. The SMILES string of the molecule is CC[C@H]1OC(=O)[C@H](C)[C@@H](O[C@H]2C[C@@](C)(OC)[C@@H](O)[C@H](C)O2)[C@H](C)[C@@H](O[C@@H]2O[C@H](C)C[C@H](N(C)Cc3ccc(-c4cn(CCCCCCCCC(=O)NO)nn4)cc3)[C@@H]2O)[C@](C)(O)C[C@@H](C)CN(C)[C@H](C)[C@@H](O)[C@]1(C)O. The number of nitrogens with zero attached hydrogens (tertiary/aromatic N) is 5. The number of hydrogen-bond acceptors (Lipinski definition) is 18. The topological polar surface area (TPSA) is 260 Å². The Morgan fingerprint density at radius 3 is 2.21 bits per heavy atom. The average molecular weight is 1060 g/mol. The lowest BCUT2D eigenvalue weighted by atomic mass is 9.77. The van der Waals surface area contributed by atoms with Gasteiger partial charge >= 0.3 is 5.97 Å². The minimum atomic E-state index is -1.84. The zero-order valence-corrected chi connectivity index (χ0v) is 47.1. The highest BCUT2D eigenvalue weighted by molar-refractivity contribution is 5.74. The molecule has 75 heavy (non-hydrogen) atoms. The predicted molar refractivity (Wildman–Crippen MR) is 280 cm³/mol. The van der Waals surface area contributed by atoms with Gasteiger partial charge in [-0.3, -0.25) is 24.4 Å². The van der Waals surface area contributed by atoms with E-state index in [-0.39, 0.29) is 37.2 Å². The Morgan fingerprint density at radius 2 is 1.57 bits per heavy atom. The summed E-state index contributed by atoms with van der Waals surface area (Å²) >= 11 is 0. The number of esters is 1. The molecule has 1 aromatic heterocycles. The molecular weight excluding hydrogens is 969 g/mol. The summed E-state index contributed by atoms with van der Waals surface area (Å²) in [5.41, 5.74) is -0.158. The molecule has 20 heteroatoms. The van der Waals surface area contributed by atoms with Crippen LogP contribution in [0, 0.1) is 17.8 Å². The summed E-state index contributed by atoms with van der Waals surface area (Å²) in [5, 5.41) is 77.3. The molecule has 0 aliphatic carbocycles. The number of carbonyl (C=O) groups excluding carboxylic acids is 2. The standard InChI is InChI=1S/C55H94N6O14/c1-14-43-55(10,68)48(64)37(6)59(11)30-33(2)28-53(8,67)50(35(4)47(36(5)51(66)73-43)74-45-29-54(9,70-13)49(65)38(7)72-45)75-52-46(63)42(27-34(3)71-52)60(12)31-39-22-24-40(25-23-39)41-32-61(58-56-41)26-20-18-16-15-17-19-21-44(62)57-69/h22-25,32-38,42-43,45-50,52,63-65,67-69H,14-21,26-31H2,1-13H3,(H,57,62)/t33-,34-,35+,36-,37-,38+,42+,43-,45+,46+,47+,48-,49+,50-,52+,53-,54-,55-/m1/s1. The third kappa shape index (κ3) is 16.2. The number of hydroxylamine groups is 1. The Balaban J connectivity index is 1.36. The molecule has 5 rings (SSSR count). The molecule has 0 bridgehead atoms. The predicted octanol–water partition coefficient (Wildman–Crippen LogP) is 4.97. The maximum Gasteiger partial charge on any atom is 0.311 e. The number of aryl methyl sites for hydroxylation is 1. The second-order valence-corrected chi connectivity index (χ2v) is 23.1. The van der Waals surface area contributed by atoms with E-state index in [9.17, 15) is 35.1 Å². The first-order valence-electron chi connectivity index (χ1n) is 27.5. The van der Waals surface area contributed by atoms with Crippen molar-refractivity contribution < 1.29 is 68.8 Å². The molecular formula is C55H94N6O14. The number of amides is 1. The summed E-state index contributed by atoms with van der Waals surface area (Å²) < 4.78 is 40.3. The number of aromatic nitrogens is 3. The van der Waals surface area contributed by atoms with Gasteiger partial charge in [-0.15, -0.1) is 5.10 Å². The van der Waals surface area contributed by atoms with E-state index >= 15 is 0 Å². The van der Waals surface area contributed by atoms with E-state index < -0.39 is 102 Å². The molecule has 0 radical (unpaired) electrons. The number of nitrogens with one attached hydrogen (secondary N) is 1. The van der Waals surface area contributed by atoms with E-state index in [0.717, 1.165) is 61.9 Å².